The number of rotatable bonds is 2. The van der Waals surface area contributed by atoms with Gasteiger partial charge in [0.25, 0.3) is 5.91 Å². The predicted octanol–water partition coefficient (Wildman–Crippen LogP) is 2.49. The Morgan fingerprint density at radius 2 is 1.95 bits per heavy atom. The van der Waals surface area contributed by atoms with Crippen LogP contribution in [0.5, 0.6) is 0 Å². The number of carbonyl (C=O) groups is 1. The van der Waals surface area contributed by atoms with Gasteiger partial charge in [-0.2, -0.15) is 0 Å². The van der Waals surface area contributed by atoms with Gasteiger partial charge in [-0.25, -0.2) is 8.78 Å². The van der Waals surface area contributed by atoms with Crippen molar-refractivity contribution in [3.8, 4) is 0 Å². The van der Waals surface area contributed by atoms with Crippen LogP contribution in [0.25, 0.3) is 0 Å². The maximum atomic E-state index is 13.6. The fourth-order valence-corrected chi connectivity index (χ4v) is 2.49. The lowest BCUT2D eigenvalue weighted by Gasteiger charge is -2.38. The van der Waals surface area contributed by atoms with E-state index in [-0.39, 0.29) is 11.0 Å². The van der Waals surface area contributed by atoms with Gasteiger partial charge >= 0.3 is 0 Å². The number of likely N-dealkylation sites (tertiary alicyclic amines) is 1. The van der Waals surface area contributed by atoms with E-state index in [9.17, 15) is 13.6 Å². The van der Waals surface area contributed by atoms with E-state index in [1.165, 1.54) is 17.0 Å². The standard InChI is InChI=1S/C14H16F2N2OS/c1-14(13(17)20)5-7-18(8-6-14)12(19)9-3-2-4-10(15)11(9)16/h2-4H,5-8H2,1H3,(H2,17,20). The zero-order chi connectivity index (χ0) is 14.9. The predicted molar refractivity (Wildman–Crippen MR) is 76.4 cm³/mol. The molecule has 0 aromatic heterocycles. The van der Waals surface area contributed by atoms with Crippen LogP contribution in [-0.2, 0) is 0 Å². The Bertz CT molecular complexity index is 554. The summed E-state index contributed by atoms with van der Waals surface area (Å²) < 4.78 is 26.8. The normalized spacial score (nSPS) is 17.9. The number of hydrogen-bond donors (Lipinski definition) is 1. The lowest BCUT2D eigenvalue weighted by molar-refractivity contribution is 0.0664. The molecule has 1 aromatic carbocycles. The van der Waals surface area contributed by atoms with Crippen molar-refractivity contribution in [2.75, 3.05) is 13.1 Å². The van der Waals surface area contributed by atoms with E-state index in [1.54, 1.807) is 0 Å². The van der Waals surface area contributed by atoms with E-state index in [1.807, 2.05) is 6.92 Å². The summed E-state index contributed by atoms with van der Waals surface area (Å²) in [5.74, 6) is -2.60. The average molecular weight is 298 g/mol. The van der Waals surface area contributed by atoms with Crippen LogP contribution in [-0.4, -0.2) is 28.9 Å². The van der Waals surface area contributed by atoms with Gasteiger partial charge in [-0.1, -0.05) is 25.2 Å². The van der Waals surface area contributed by atoms with Crippen LogP contribution in [0.4, 0.5) is 8.78 Å². The molecule has 3 nitrogen and oxygen atoms in total. The van der Waals surface area contributed by atoms with E-state index in [0.29, 0.717) is 30.9 Å². The fraction of sp³-hybridized carbons (Fsp3) is 0.429. The summed E-state index contributed by atoms with van der Waals surface area (Å²) in [6.45, 7) is 2.82. The first-order valence-electron chi connectivity index (χ1n) is 6.38. The third-order valence-corrected chi connectivity index (χ3v) is 4.42. The molecule has 1 fully saturated rings. The first-order valence-corrected chi connectivity index (χ1v) is 6.79. The molecule has 108 valence electrons. The number of nitrogens with two attached hydrogens (primary N) is 1. The molecular formula is C14H16F2N2OS. The van der Waals surface area contributed by atoms with Gasteiger partial charge < -0.3 is 10.6 Å². The van der Waals surface area contributed by atoms with Crippen molar-refractivity contribution < 1.29 is 13.6 Å². The first-order chi connectivity index (χ1) is 9.35. The number of carbonyl (C=O) groups excluding carboxylic acids is 1. The highest BCUT2D eigenvalue weighted by atomic mass is 32.1. The van der Waals surface area contributed by atoms with Crippen LogP contribution in [0.2, 0.25) is 0 Å². The molecule has 2 rings (SSSR count). The quantitative estimate of drug-likeness (QED) is 0.853. The number of hydrogen-bond acceptors (Lipinski definition) is 2. The van der Waals surface area contributed by atoms with Gasteiger partial charge in [-0.3, -0.25) is 4.79 Å². The zero-order valence-electron chi connectivity index (χ0n) is 11.2. The minimum atomic E-state index is -1.10. The Kier molecular flexibility index (Phi) is 4.04. The van der Waals surface area contributed by atoms with Crippen molar-refractivity contribution in [1.29, 1.82) is 0 Å². The monoisotopic (exact) mass is 298 g/mol. The molecule has 20 heavy (non-hydrogen) atoms. The Morgan fingerprint density at radius 3 is 2.50 bits per heavy atom. The summed E-state index contributed by atoms with van der Waals surface area (Å²) in [5.41, 5.74) is 5.19. The molecule has 0 saturated carbocycles. The summed E-state index contributed by atoms with van der Waals surface area (Å²) >= 11 is 5.03. The molecule has 1 aliphatic rings. The first kappa shape index (κ1) is 14.8. The minimum Gasteiger partial charge on any atom is -0.393 e. The zero-order valence-corrected chi connectivity index (χ0v) is 12.0. The summed E-state index contributed by atoms with van der Waals surface area (Å²) in [6.07, 6.45) is 1.26. The number of amides is 1. The SMILES string of the molecule is CC1(C(N)=S)CCN(C(=O)c2cccc(F)c2F)CC1. The Balaban J connectivity index is 2.13. The van der Waals surface area contributed by atoms with E-state index in [0.717, 1.165) is 6.07 Å². The molecule has 1 heterocycles. The second-order valence-corrected chi connectivity index (χ2v) is 5.76. The maximum Gasteiger partial charge on any atom is 0.256 e. The van der Waals surface area contributed by atoms with Gasteiger partial charge in [0.15, 0.2) is 11.6 Å². The summed E-state index contributed by atoms with van der Waals surface area (Å²) in [7, 11) is 0. The van der Waals surface area contributed by atoms with Crippen molar-refractivity contribution in [3.63, 3.8) is 0 Å². The number of piperidine rings is 1. The summed E-state index contributed by atoms with van der Waals surface area (Å²) in [5, 5.41) is 0. The molecule has 0 aliphatic carbocycles. The highest BCUT2D eigenvalue weighted by Crippen LogP contribution is 2.31. The fourth-order valence-electron chi connectivity index (χ4n) is 2.29. The number of benzene rings is 1. The molecule has 1 amide bonds. The molecule has 2 N–H and O–H groups in total. The summed E-state index contributed by atoms with van der Waals surface area (Å²) in [4.78, 5) is 14.2. The van der Waals surface area contributed by atoms with E-state index in [2.05, 4.69) is 0 Å². The molecule has 6 heteroatoms. The molecule has 0 radical (unpaired) electrons. The molecule has 0 unspecified atom stereocenters. The molecule has 0 spiro atoms. The Morgan fingerprint density at radius 1 is 1.35 bits per heavy atom. The van der Waals surface area contributed by atoms with Crippen LogP contribution in [0.3, 0.4) is 0 Å². The number of halogens is 2. The van der Waals surface area contributed by atoms with Crippen molar-refractivity contribution in [3.05, 3.63) is 35.4 Å². The Labute approximate surface area is 121 Å². The van der Waals surface area contributed by atoms with Gasteiger partial charge in [-0.15, -0.1) is 0 Å². The van der Waals surface area contributed by atoms with E-state index in [4.69, 9.17) is 18.0 Å². The minimum absolute atomic E-state index is 0.232. The largest absolute Gasteiger partial charge is 0.393 e. The van der Waals surface area contributed by atoms with Crippen molar-refractivity contribution in [2.24, 2.45) is 11.1 Å². The van der Waals surface area contributed by atoms with Gasteiger partial charge in [0.05, 0.1) is 10.6 Å². The van der Waals surface area contributed by atoms with Crippen LogP contribution in [0, 0.1) is 17.0 Å². The van der Waals surface area contributed by atoms with Crippen molar-refractivity contribution >= 4 is 23.1 Å². The van der Waals surface area contributed by atoms with Crippen molar-refractivity contribution in [1.82, 2.24) is 4.90 Å². The highest BCUT2D eigenvalue weighted by molar-refractivity contribution is 7.80. The highest BCUT2D eigenvalue weighted by Gasteiger charge is 2.35. The van der Waals surface area contributed by atoms with E-state index < -0.39 is 17.5 Å². The lowest BCUT2D eigenvalue weighted by atomic mass is 9.80. The second kappa shape index (κ2) is 5.44. The van der Waals surface area contributed by atoms with Gasteiger partial charge in [0, 0.05) is 18.5 Å². The van der Waals surface area contributed by atoms with Crippen LogP contribution < -0.4 is 5.73 Å². The number of nitrogens with zero attached hydrogens (tertiary/aromatic N) is 1. The van der Waals surface area contributed by atoms with Crippen LogP contribution >= 0.6 is 12.2 Å². The van der Waals surface area contributed by atoms with Gasteiger partial charge in [0.2, 0.25) is 0 Å². The third-order valence-electron chi connectivity index (χ3n) is 3.93. The molecular weight excluding hydrogens is 282 g/mol. The van der Waals surface area contributed by atoms with Crippen LogP contribution in [0.1, 0.15) is 30.1 Å². The maximum absolute atomic E-state index is 13.6. The van der Waals surface area contributed by atoms with Gasteiger partial charge in [0.1, 0.15) is 0 Å². The second-order valence-electron chi connectivity index (χ2n) is 5.32. The smallest absolute Gasteiger partial charge is 0.256 e. The molecule has 1 aromatic rings. The van der Waals surface area contributed by atoms with Crippen molar-refractivity contribution in [2.45, 2.75) is 19.8 Å². The Hall–Kier alpha value is -1.56. The van der Waals surface area contributed by atoms with E-state index >= 15 is 0 Å². The lowest BCUT2D eigenvalue weighted by Crippen LogP contribution is -2.46. The van der Waals surface area contributed by atoms with Gasteiger partial charge in [-0.05, 0) is 25.0 Å². The molecule has 1 saturated heterocycles. The summed E-state index contributed by atoms with van der Waals surface area (Å²) in [6, 6.07) is 3.61. The number of thiocarbonyl (C=S) groups is 1. The average Bonchev–Trinajstić information content (AvgIpc) is 2.42. The molecule has 0 bridgehead atoms. The van der Waals surface area contributed by atoms with Crippen LogP contribution in [0.15, 0.2) is 18.2 Å². The third kappa shape index (κ3) is 2.65. The molecule has 1 aliphatic heterocycles. The molecule has 0 atom stereocenters. The topological polar surface area (TPSA) is 46.3 Å².